The Bertz CT molecular complexity index is 984. The number of carbonyl (C=O) groups excluding carboxylic acids is 1. The third kappa shape index (κ3) is 3.04. The molecule has 1 atom stereocenters. The molecule has 28 heavy (non-hydrogen) atoms. The molecule has 0 radical (unpaired) electrons. The molecule has 0 bridgehead atoms. The van der Waals surface area contributed by atoms with Crippen LogP contribution in [0.2, 0.25) is 0 Å². The number of fused-ring (bicyclic) bond motifs is 1. The number of hydrogen-bond acceptors (Lipinski definition) is 4. The smallest absolute Gasteiger partial charge is 0.274 e. The minimum Gasteiger partial charge on any atom is -0.359 e. The van der Waals surface area contributed by atoms with E-state index >= 15 is 0 Å². The Kier molecular flexibility index (Phi) is 4.61. The van der Waals surface area contributed by atoms with Crippen molar-refractivity contribution in [3.63, 3.8) is 0 Å². The molecule has 0 saturated carbocycles. The fourth-order valence-electron chi connectivity index (χ4n) is 4.28. The average molecular weight is 373 g/mol. The average Bonchev–Trinajstić information content (AvgIpc) is 2.95. The number of amides is 1. The lowest BCUT2D eigenvalue weighted by atomic mass is 9.78. The lowest BCUT2D eigenvalue weighted by Gasteiger charge is -2.35. The number of anilines is 1. The molecule has 1 amide bonds. The maximum atomic E-state index is 11.6. The van der Waals surface area contributed by atoms with E-state index in [9.17, 15) is 4.79 Å². The van der Waals surface area contributed by atoms with Crippen molar-refractivity contribution in [2.24, 2.45) is 0 Å². The van der Waals surface area contributed by atoms with E-state index < -0.39 is 5.91 Å². The third-order valence-electron chi connectivity index (χ3n) is 5.57. The summed E-state index contributed by atoms with van der Waals surface area (Å²) in [6.07, 6.45) is 3.74. The van der Waals surface area contributed by atoms with Gasteiger partial charge in [0, 0.05) is 35.6 Å². The van der Waals surface area contributed by atoms with Gasteiger partial charge in [0.2, 0.25) is 0 Å². The summed E-state index contributed by atoms with van der Waals surface area (Å²) in [5.41, 5.74) is 6.84. The van der Waals surface area contributed by atoms with Gasteiger partial charge in [-0.15, -0.1) is 0 Å². The normalized spacial score (nSPS) is 17.2. The van der Waals surface area contributed by atoms with E-state index in [0.29, 0.717) is 12.1 Å². The summed E-state index contributed by atoms with van der Waals surface area (Å²) in [5.74, 6) is -0.507. The summed E-state index contributed by atoms with van der Waals surface area (Å²) in [4.78, 5) is 18.3. The molecule has 2 heterocycles. The summed E-state index contributed by atoms with van der Waals surface area (Å²) in [6, 6.07) is 20.1. The van der Waals surface area contributed by atoms with E-state index in [0.717, 1.165) is 5.56 Å². The first-order valence-corrected chi connectivity index (χ1v) is 9.32. The second-order valence-electron chi connectivity index (χ2n) is 7.69. The van der Waals surface area contributed by atoms with Crippen molar-refractivity contribution in [2.45, 2.75) is 31.8 Å². The zero-order valence-electron chi connectivity index (χ0n) is 16.0. The molecule has 0 spiro atoms. The molecule has 0 aliphatic carbocycles. The van der Waals surface area contributed by atoms with Gasteiger partial charge in [-0.3, -0.25) is 15.0 Å². The maximum Gasteiger partial charge on any atom is 0.274 e. The molecule has 0 unspecified atom stereocenters. The number of pyridine rings is 1. The molecule has 142 valence electrons. The molecule has 5 nitrogen and oxygen atoms in total. The van der Waals surface area contributed by atoms with Crippen molar-refractivity contribution in [3.8, 4) is 0 Å². The van der Waals surface area contributed by atoms with Crippen molar-refractivity contribution in [1.29, 1.82) is 0 Å². The van der Waals surface area contributed by atoms with Crippen molar-refractivity contribution < 1.29 is 10.0 Å². The Morgan fingerprint density at radius 1 is 1.11 bits per heavy atom. The molecule has 1 aromatic heterocycles. The van der Waals surface area contributed by atoms with Crippen LogP contribution in [0.15, 0.2) is 73.1 Å². The van der Waals surface area contributed by atoms with Crippen molar-refractivity contribution in [2.75, 3.05) is 4.90 Å². The van der Waals surface area contributed by atoms with Gasteiger partial charge in [0.25, 0.3) is 5.91 Å². The van der Waals surface area contributed by atoms with Gasteiger partial charge in [-0.2, -0.15) is 0 Å². The van der Waals surface area contributed by atoms with E-state index in [1.165, 1.54) is 16.8 Å². The van der Waals surface area contributed by atoms with Gasteiger partial charge >= 0.3 is 0 Å². The molecule has 3 aromatic rings. The fourth-order valence-corrected chi connectivity index (χ4v) is 4.28. The lowest BCUT2D eigenvalue weighted by molar-refractivity contribution is 0.0706. The number of hydrogen-bond donors (Lipinski definition) is 2. The van der Waals surface area contributed by atoms with Gasteiger partial charge in [-0.05, 0) is 41.0 Å². The second-order valence-corrected chi connectivity index (χ2v) is 7.69. The van der Waals surface area contributed by atoms with Gasteiger partial charge in [-0.1, -0.05) is 50.2 Å². The number of nitrogens with zero attached hydrogens (tertiary/aromatic N) is 2. The molecule has 0 fully saturated rings. The van der Waals surface area contributed by atoms with Crippen LogP contribution in [0.4, 0.5) is 5.69 Å². The Morgan fingerprint density at radius 2 is 1.86 bits per heavy atom. The van der Waals surface area contributed by atoms with Gasteiger partial charge in [-0.25, -0.2) is 5.48 Å². The standard InChI is InChI=1S/C23H23N3O2/c1-23(2)19-7-3-4-8-20(19)26(21(23)18-6-5-13-24-14-18)15-16-9-11-17(12-10-16)22(27)25-28/h3-14,21,28H,15H2,1-2H3,(H,25,27)/t21-/m1/s1. The molecule has 1 aliphatic rings. The zero-order valence-corrected chi connectivity index (χ0v) is 16.0. The van der Waals surface area contributed by atoms with Crippen molar-refractivity contribution in [3.05, 3.63) is 95.3 Å². The van der Waals surface area contributed by atoms with Crippen LogP contribution < -0.4 is 10.4 Å². The number of para-hydroxylation sites is 1. The van der Waals surface area contributed by atoms with Gasteiger partial charge in [0.1, 0.15) is 0 Å². The molecule has 2 N–H and O–H groups in total. The molecule has 2 aromatic carbocycles. The summed E-state index contributed by atoms with van der Waals surface area (Å²) < 4.78 is 0. The predicted octanol–water partition coefficient (Wildman–Crippen LogP) is 4.24. The summed E-state index contributed by atoms with van der Waals surface area (Å²) in [7, 11) is 0. The van der Waals surface area contributed by atoms with Crippen LogP contribution in [0.25, 0.3) is 0 Å². The number of carbonyl (C=O) groups is 1. The summed E-state index contributed by atoms with van der Waals surface area (Å²) >= 11 is 0. The largest absolute Gasteiger partial charge is 0.359 e. The first kappa shape index (κ1) is 18.2. The molecule has 4 rings (SSSR count). The molecule has 0 saturated heterocycles. The highest BCUT2D eigenvalue weighted by atomic mass is 16.5. The topological polar surface area (TPSA) is 65.5 Å². The monoisotopic (exact) mass is 373 g/mol. The van der Waals surface area contributed by atoms with Crippen LogP contribution in [0, 0.1) is 0 Å². The Morgan fingerprint density at radius 3 is 2.54 bits per heavy atom. The fraction of sp³-hybridized carbons (Fsp3) is 0.217. The Labute approximate surface area is 164 Å². The Balaban J connectivity index is 1.73. The van der Waals surface area contributed by atoms with Crippen LogP contribution in [-0.4, -0.2) is 16.1 Å². The maximum absolute atomic E-state index is 11.6. The van der Waals surface area contributed by atoms with E-state index in [1.54, 1.807) is 23.8 Å². The van der Waals surface area contributed by atoms with Gasteiger partial charge < -0.3 is 4.90 Å². The summed E-state index contributed by atoms with van der Waals surface area (Å²) in [6.45, 7) is 5.26. The third-order valence-corrected chi connectivity index (χ3v) is 5.57. The second kappa shape index (κ2) is 7.09. The molecule has 1 aliphatic heterocycles. The number of rotatable bonds is 4. The van der Waals surface area contributed by atoms with Crippen LogP contribution in [0.1, 0.15) is 46.9 Å². The van der Waals surface area contributed by atoms with E-state index in [2.05, 4.69) is 54.1 Å². The number of aromatic nitrogens is 1. The van der Waals surface area contributed by atoms with Crippen molar-refractivity contribution >= 4 is 11.6 Å². The van der Waals surface area contributed by atoms with Gasteiger partial charge in [0.05, 0.1) is 6.04 Å². The minimum absolute atomic E-state index is 0.0731. The van der Waals surface area contributed by atoms with Crippen LogP contribution in [0.5, 0.6) is 0 Å². The quantitative estimate of drug-likeness (QED) is 0.530. The minimum atomic E-state index is -0.507. The van der Waals surface area contributed by atoms with Gasteiger partial charge in [0.15, 0.2) is 0 Å². The van der Waals surface area contributed by atoms with Crippen molar-refractivity contribution in [1.82, 2.24) is 10.5 Å². The number of hydroxylamine groups is 1. The molecular weight excluding hydrogens is 350 g/mol. The van der Waals surface area contributed by atoms with Crippen LogP contribution >= 0.6 is 0 Å². The first-order valence-electron chi connectivity index (χ1n) is 9.32. The highest BCUT2D eigenvalue weighted by molar-refractivity contribution is 5.93. The number of nitrogens with one attached hydrogen (secondary N) is 1. The van der Waals surface area contributed by atoms with E-state index in [1.807, 2.05) is 24.4 Å². The van der Waals surface area contributed by atoms with E-state index in [-0.39, 0.29) is 11.5 Å². The highest BCUT2D eigenvalue weighted by Gasteiger charge is 2.45. The lowest BCUT2D eigenvalue weighted by Crippen LogP contribution is -2.33. The Hall–Kier alpha value is -3.18. The van der Waals surface area contributed by atoms with E-state index in [4.69, 9.17) is 5.21 Å². The molecular formula is C23H23N3O2. The summed E-state index contributed by atoms with van der Waals surface area (Å²) in [5, 5.41) is 8.80. The molecule has 5 heteroatoms. The highest BCUT2D eigenvalue weighted by Crippen LogP contribution is 2.52. The predicted molar refractivity (Wildman–Crippen MR) is 108 cm³/mol. The zero-order chi connectivity index (χ0) is 19.7. The SMILES string of the molecule is CC1(C)c2ccccc2N(Cc2ccc(C(=O)NO)cc2)[C@@H]1c1cccnc1. The van der Waals surface area contributed by atoms with Crippen LogP contribution in [0.3, 0.4) is 0 Å². The first-order chi connectivity index (χ1) is 13.5. The number of benzene rings is 2. The van der Waals surface area contributed by atoms with Crippen LogP contribution in [-0.2, 0) is 12.0 Å².